The molecule has 1 unspecified atom stereocenters. The first kappa shape index (κ1) is 17.5. The molecule has 0 bridgehead atoms. The molecule has 0 radical (unpaired) electrons. The molecular weight excluding hydrogens is 266 g/mol. The van der Waals surface area contributed by atoms with E-state index in [1.807, 2.05) is 6.07 Å². The summed E-state index contributed by atoms with van der Waals surface area (Å²) in [5.74, 6) is 6.09. The van der Waals surface area contributed by atoms with Gasteiger partial charge in [-0.15, -0.1) is 0 Å². The van der Waals surface area contributed by atoms with Gasteiger partial charge in [-0.1, -0.05) is 39.3 Å². The van der Waals surface area contributed by atoms with Gasteiger partial charge in [0.15, 0.2) is 0 Å². The highest BCUT2D eigenvalue weighted by molar-refractivity contribution is 5.96. The van der Waals surface area contributed by atoms with Gasteiger partial charge < -0.3 is 4.74 Å². The van der Waals surface area contributed by atoms with E-state index < -0.39 is 0 Å². The fraction of sp³-hybridized carbons (Fsp3) is 0.562. The maximum Gasteiger partial charge on any atom is 0.268 e. The fourth-order valence-corrected chi connectivity index (χ4v) is 2.09. The molecule has 1 atom stereocenters. The Morgan fingerprint density at radius 2 is 2.10 bits per heavy atom. The van der Waals surface area contributed by atoms with E-state index >= 15 is 0 Å². The van der Waals surface area contributed by atoms with Crippen LogP contribution in [0, 0.1) is 5.92 Å². The number of para-hydroxylation sites is 1. The lowest BCUT2D eigenvalue weighted by Gasteiger charge is -2.23. The van der Waals surface area contributed by atoms with Crippen LogP contribution in [-0.4, -0.2) is 37.0 Å². The molecule has 0 aliphatic heterocycles. The molecule has 5 heteroatoms. The molecule has 0 aromatic heterocycles. The number of nitrogens with zero attached hydrogens (tertiary/aromatic N) is 1. The molecule has 0 heterocycles. The van der Waals surface area contributed by atoms with Gasteiger partial charge >= 0.3 is 0 Å². The number of carbonyl (C=O) groups is 1. The number of hydrazine groups is 1. The van der Waals surface area contributed by atoms with Crippen LogP contribution >= 0.6 is 0 Å². The van der Waals surface area contributed by atoms with E-state index in [0.717, 1.165) is 19.6 Å². The molecule has 5 nitrogen and oxygen atoms in total. The second-order valence-corrected chi connectivity index (χ2v) is 5.22. The number of nitrogen functional groups attached to an aromatic ring is 1. The summed E-state index contributed by atoms with van der Waals surface area (Å²) in [6, 6.07) is 7.13. The van der Waals surface area contributed by atoms with Crippen molar-refractivity contribution in [2.45, 2.75) is 27.2 Å². The van der Waals surface area contributed by atoms with Crippen molar-refractivity contribution in [2.24, 2.45) is 11.8 Å². The van der Waals surface area contributed by atoms with Crippen molar-refractivity contribution in [1.29, 1.82) is 0 Å². The summed E-state index contributed by atoms with van der Waals surface area (Å²) >= 11 is 0. The van der Waals surface area contributed by atoms with Gasteiger partial charge in [0.2, 0.25) is 0 Å². The Bertz CT molecular complexity index is 437. The summed E-state index contributed by atoms with van der Waals surface area (Å²) in [5.41, 5.74) is 2.60. The topological polar surface area (TPSA) is 67.6 Å². The summed E-state index contributed by atoms with van der Waals surface area (Å²) < 4.78 is 5.75. The van der Waals surface area contributed by atoms with Gasteiger partial charge in [0, 0.05) is 13.1 Å². The van der Waals surface area contributed by atoms with Crippen molar-refractivity contribution >= 4 is 5.91 Å². The number of nitrogens with one attached hydrogen (secondary N) is 1. The van der Waals surface area contributed by atoms with Crippen LogP contribution in [-0.2, 0) is 0 Å². The van der Waals surface area contributed by atoms with Crippen molar-refractivity contribution in [3.63, 3.8) is 0 Å². The van der Waals surface area contributed by atoms with Crippen molar-refractivity contribution in [3.8, 4) is 5.75 Å². The van der Waals surface area contributed by atoms with Gasteiger partial charge in [-0.25, -0.2) is 5.84 Å². The van der Waals surface area contributed by atoms with Crippen LogP contribution < -0.4 is 16.0 Å². The van der Waals surface area contributed by atoms with E-state index in [2.05, 4.69) is 31.1 Å². The first-order valence-electron chi connectivity index (χ1n) is 7.57. The first-order chi connectivity index (χ1) is 10.1. The largest absolute Gasteiger partial charge is 0.491 e. The first-order valence-corrected chi connectivity index (χ1v) is 7.57. The van der Waals surface area contributed by atoms with Crippen molar-refractivity contribution < 1.29 is 9.53 Å². The van der Waals surface area contributed by atoms with Crippen LogP contribution in [0.3, 0.4) is 0 Å². The second-order valence-electron chi connectivity index (χ2n) is 5.22. The van der Waals surface area contributed by atoms with Crippen LogP contribution in [0.5, 0.6) is 5.75 Å². The normalized spacial score (nSPS) is 12.2. The summed E-state index contributed by atoms with van der Waals surface area (Å²) in [5, 5.41) is 0. The van der Waals surface area contributed by atoms with Crippen LogP contribution in [0.1, 0.15) is 37.6 Å². The number of rotatable bonds is 9. The molecule has 0 saturated heterocycles. The molecule has 1 amide bonds. The van der Waals surface area contributed by atoms with Crippen molar-refractivity contribution in [2.75, 3.05) is 26.2 Å². The molecule has 3 N–H and O–H groups in total. The van der Waals surface area contributed by atoms with Crippen molar-refractivity contribution in [3.05, 3.63) is 29.8 Å². The summed E-state index contributed by atoms with van der Waals surface area (Å²) in [6.45, 7) is 10.1. The Kier molecular flexibility index (Phi) is 7.79. The fourth-order valence-electron chi connectivity index (χ4n) is 2.09. The molecular formula is C16H27N3O2. The van der Waals surface area contributed by atoms with Crippen LogP contribution in [0.25, 0.3) is 0 Å². The Balaban J connectivity index is 2.53. The van der Waals surface area contributed by atoms with Crippen molar-refractivity contribution in [1.82, 2.24) is 10.3 Å². The molecule has 0 fully saturated rings. The quantitative estimate of drug-likeness (QED) is 0.415. The average Bonchev–Trinajstić information content (AvgIpc) is 2.53. The van der Waals surface area contributed by atoms with E-state index in [-0.39, 0.29) is 5.91 Å². The third-order valence-corrected chi connectivity index (χ3v) is 3.64. The third kappa shape index (κ3) is 5.73. The van der Waals surface area contributed by atoms with E-state index in [1.54, 1.807) is 18.2 Å². The number of benzene rings is 1. The molecule has 118 valence electrons. The maximum atomic E-state index is 11.6. The molecule has 0 aliphatic rings. The number of nitrogens with two attached hydrogens (primary N) is 1. The second kappa shape index (κ2) is 9.37. The van der Waals surface area contributed by atoms with Gasteiger partial charge in [-0.3, -0.25) is 15.1 Å². The predicted molar refractivity (Wildman–Crippen MR) is 85.2 cm³/mol. The minimum absolute atomic E-state index is 0.336. The Hall–Kier alpha value is -1.59. The zero-order chi connectivity index (χ0) is 15.7. The summed E-state index contributed by atoms with van der Waals surface area (Å²) in [7, 11) is 0. The minimum atomic E-state index is -0.336. The lowest BCUT2D eigenvalue weighted by atomic mass is 10.1. The average molecular weight is 293 g/mol. The number of likely N-dealkylation sites (N-methyl/N-ethyl adjacent to an activating group) is 1. The van der Waals surface area contributed by atoms with Crippen LogP contribution in [0.2, 0.25) is 0 Å². The standard InChI is InChI=1S/C16H27N3O2/c1-4-13(3)12-19(5-2)10-11-21-15-9-7-6-8-14(15)16(20)18-17/h6-9,13H,4-5,10-12,17H2,1-3H3,(H,18,20). The monoisotopic (exact) mass is 293 g/mol. The van der Waals surface area contributed by atoms with Gasteiger partial charge in [0.25, 0.3) is 5.91 Å². The summed E-state index contributed by atoms with van der Waals surface area (Å²) in [6.07, 6.45) is 1.18. The number of ether oxygens (including phenoxy) is 1. The molecule has 1 aromatic rings. The molecule has 0 aliphatic carbocycles. The zero-order valence-electron chi connectivity index (χ0n) is 13.3. The Labute approximate surface area is 127 Å². The van der Waals surface area contributed by atoms with Gasteiger partial charge in [-0.2, -0.15) is 0 Å². The molecule has 1 aromatic carbocycles. The van der Waals surface area contributed by atoms with Gasteiger partial charge in [0.1, 0.15) is 12.4 Å². The van der Waals surface area contributed by atoms with E-state index in [0.29, 0.717) is 23.8 Å². The third-order valence-electron chi connectivity index (χ3n) is 3.64. The van der Waals surface area contributed by atoms with Gasteiger partial charge in [0.05, 0.1) is 5.56 Å². The van der Waals surface area contributed by atoms with Crippen LogP contribution in [0.15, 0.2) is 24.3 Å². The lowest BCUT2D eigenvalue weighted by molar-refractivity contribution is 0.0948. The Morgan fingerprint density at radius 1 is 1.38 bits per heavy atom. The SMILES string of the molecule is CCC(C)CN(CC)CCOc1ccccc1C(=O)NN. The van der Waals surface area contributed by atoms with Gasteiger partial charge in [-0.05, 0) is 24.6 Å². The van der Waals surface area contributed by atoms with E-state index in [1.165, 1.54) is 6.42 Å². The molecule has 1 rings (SSSR count). The maximum absolute atomic E-state index is 11.6. The van der Waals surface area contributed by atoms with E-state index in [9.17, 15) is 4.79 Å². The number of carbonyl (C=O) groups excluding carboxylic acids is 1. The number of amides is 1. The highest BCUT2D eigenvalue weighted by Gasteiger charge is 2.11. The smallest absolute Gasteiger partial charge is 0.268 e. The zero-order valence-corrected chi connectivity index (χ0v) is 13.3. The molecule has 21 heavy (non-hydrogen) atoms. The lowest BCUT2D eigenvalue weighted by Crippen LogP contribution is -2.33. The number of hydrogen-bond acceptors (Lipinski definition) is 4. The molecule has 0 spiro atoms. The Morgan fingerprint density at radius 3 is 2.71 bits per heavy atom. The number of hydrogen-bond donors (Lipinski definition) is 2. The summed E-state index contributed by atoms with van der Waals surface area (Å²) in [4.78, 5) is 14.0. The molecule has 0 saturated carbocycles. The minimum Gasteiger partial charge on any atom is -0.491 e. The highest BCUT2D eigenvalue weighted by atomic mass is 16.5. The van der Waals surface area contributed by atoms with Crippen LogP contribution in [0.4, 0.5) is 0 Å². The van der Waals surface area contributed by atoms with E-state index in [4.69, 9.17) is 10.6 Å². The highest BCUT2D eigenvalue weighted by Crippen LogP contribution is 2.17. The predicted octanol–water partition coefficient (Wildman–Crippen LogP) is 2.04.